The smallest absolute Gasteiger partial charge is 0.303 e. The molecule has 1 aromatic carbocycles. The van der Waals surface area contributed by atoms with E-state index in [0.717, 1.165) is 30.0 Å². The highest BCUT2D eigenvalue weighted by atomic mass is 16.5. The minimum absolute atomic E-state index is 0.0869. The van der Waals surface area contributed by atoms with Crippen molar-refractivity contribution in [2.75, 3.05) is 19.0 Å². The summed E-state index contributed by atoms with van der Waals surface area (Å²) in [6.07, 6.45) is 1.04. The number of rotatable bonds is 3. The summed E-state index contributed by atoms with van der Waals surface area (Å²) in [6, 6.07) is 5.76. The van der Waals surface area contributed by atoms with E-state index in [-0.39, 0.29) is 12.3 Å². The Morgan fingerprint density at radius 1 is 1.62 bits per heavy atom. The minimum Gasteiger partial charge on any atom is -0.497 e. The molecule has 1 heterocycles. The van der Waals surface area contributed by atoms with Gasteiger partial charge in [0, 0.05) is 12.2 Å². The summed E-state index contributed by atoms with van der Waals surface area (Å²) in [5, 5.41) is 12.1. The highest BCUT2D eigenvalue weighted by Gasteiger charge is 2.22. The van der Waals surface area contributed by atoms with E-state index >= 15 is 0 Å². The molecule has 0 aromatic heterocycles. The van der Waals surface area contributed by atoms with Crippen LogP contribution in [0.1, 0.15) is 24.3 Å². The molecule has 2 N–H and O–H groups in total. The number of methoxy groups -OCH3 is 1. The second-order valence-electron chi connectivity index (χ2n) is 3.96. The molecule has 0 aliphatic carbocycles. The first kappa shape index (κ1) is 10.8. The monoisotopic (exact) mass is 221 g/mol. The second-order valence-corrected chi connectivity index (χ2v) is 3.96. The summed E-state index contributed by atoms with van der Waals surface area (Å²) in [4.78, 5) is 10.8. The lowest BCUT2D eigenvalue weighted by molar-refractivity contribution is -0.137. The number of aliphatic carboxylic acids is 1. The number of hydrogen-bond acceptors (Lipinski definition) is 3. The van der Waals surface area contributed by atoms with Crippen LogP contribution in [-0.2, 0) is 4.79 Å². The maximum absolute atomic E-state index is 10.8. The molecule has 0 radical (unpaired) electrons. The predicted molar refractivity (Wildman–Crippen MR) is 61.1 cm³/mol. The molecule has 0 spiro atoms. The van der Waals surface area contributed by atoms with Gasteiger partial charge in [-0.1, -0.05) is 0 Å². The Kier molecular flexibility index (Phi) is 2.99. The molecule has 16 heavy (non-hydrogen) atoms. The van der Waals surface area contributed by atoms with Gasteiger partial charge in [-0.25, -0.2) is 0 Å². The van der Waals surface area contributed by atoms with Crippen LogP contribution in [0.5, 0.6) is 5.75 Å². The number of hydrogen-bond donors (Lipinski definition) is 2. The molecule has 1 atom stereocenters. The van der Waals surface area contributed by atoms with Crippen LogP contribution in [0.15, 0.2) is 18.2 Å². The molecular weight excluding hydrogens is 206 g/mol. The van der Waals surface area contributed by atoms with Crippen molar-refractivity contribution in [2.45, 2.75) is 18.8 Å². The summed E-state index contributed by atoms with van der Waals surface area (Å²) in [5.74, 6) is 0.113. The van der Waals surface area contributed by atoms with Gasteiger partial charge in [-0.2, -0.15) is 0 Å². The topological polar surface area (TPSA) is 58.6 Å². The molecule has 0 amide bonds. The molecule has 4 nitrogen and oxygen atoms in total. The van der Waals surface area contributed by atoms with Crippen LogP contribution in [-0.4, -0.2) is 24.7 Å². The summed E-state index contributed by atoms with van der Waals surface area (Å²) in [7, 11) is 1.62. The first-order valence-electron chi connectivity index (χ1n) is 5.34. The number of anilines is 1. The van der Waals surface area contributed by atoms with E-state index < -0.39 is 5.97 Å². The molecule has 86 valence electrons. The Morgan fingerprint density at radius 3 is 3.12 bits per heavy atom. The Morgan fingerprint density at radius 2 is 2.44 bits per heavy atom. The maximum Gasteiger partial charge on any atom is 0.303 e. The van der Waals surface area contributed by atoms with Crippen LogP contribution < -0.4 is 10.1 Å². The molecule has 0 bridgehead atoms. The summed E-state index contributed by atoms with van der Waals surface area (Å²) < 4.78 is 5.16. The van der Waals surface area contributed by atoms with Crippen LogP contribution >= 0.6 is 0 Å². The number of carboxylic acids is 1. The number of carbonyl (C=O) groups is 1. The van der Waals surface area contributed by atoms with E-state index in [1.54, 1.807) is 7.11 Å². The molecule has 1 unspecified atom stereocenters. The van der Waals surface area contributed by atoms with Crippen molar-refractivity contribution in [2.24, 2.45) is 0 Å². The van der Waals surface area contributed by atoms with Crippen molar-refractivity contribution in [3.05, 3.63) is 23.8 Å². The van der Waals surface area contributed by atoms with Crippen molar-refractivity contribution < 1.29 is 14.6 Å². The third-order valence-electron chi connectivity index (χ3n) is 2.93. The second kappa shape index (κ2) is 4.43. The zero-order valence-electron chi connectivity index (χ0n) is 9.19. The Hall–Kier alpha value is -1.71. The fourth-order valence-electron chi connectivity index (χ4n) is 2.13. The van der Waals surface area contributed by atoms with Crippen molar-refractivity contribution in [3.8, 4) is 5.75 Å². The van der Waals surface area contributed by atoms with Gasteiger partial charge in [-0.3, -0.25) is 4.79 Å². The number of carboxylic acid groups (broad SMARTS) is 1. The highest BCUT2D eigenvalue weighted by Crippen LogP contribution is 2.36. The zero-order valence-corrected chi connectivity index (χ0v) is 9.19. The molecule has 1 aliphatic rings. The van der Waals surface area contributed by atoms with Crippen molar-refractivity contribution in [3.63, 3.8) is 0 Å². The zero-order chi connectivity index (χ0) is 11.5. The Labute approximate surface area is 94.2 Å². The van der Waals surface area contributed by atoms with Gasteiger partial charge >= 0.3 is 5.97 Å². The first-order chi connectivity index (χ1) is 7.70. The van der Waals surface area contributed by atoms with Gasteiger partial charge < -0.3 is 15.2 Å². The van der Waals surface area contributed by atoms with Gasteiger partial charge in [0.25, 0.3) is 0 Å². The maximum atomic E-state index is 10.8. The largest absolute Gasteiger partial charge is 0.497 e. The minimum atomic E-state index is -0.749. The third-order valence-corrected chi connectivity index (χ3v) is 2.93. The molecule has 0 saturated heterocycles. The molecule has 1 aromatic rings. The summed E-state index contributed by atoms with van der Waals surface area (Å²) in [5.41, 5.74) is 2.08. The van der Waals surface area contributed by atoms with Gasteiger partial charge in [0.15, 0.2) is 0 Å². The molecule has 0 fully saturated rings. The van der Waals surface area contributed by atoms with Crippen LogP contribution in [0.3, 0.4) is 0 Å². The molecular formula is C12H15NO3. The average Bonchev–Trinajstić information content (AvgIpc) is 2.28. The standard InChI is InChI=1S/C12H15NO3/c1-16-9-2-3-11-10(7-9)8(4-5-13-11)6-12(14)15/h2-3,7-8,13H,4-6H2,1H3,(H,14,15). The summed E-state index contributed by atoms with van der Waals surface area (Å²) >= 11 is 0. The van der Waals surface area contributed by atoms with Gasteiger partial charge in [0.1, 0.15) is 5.75 Å². The van der Waals surface area contributed by atoms with Gasteiger partial charge in [-0.15, -0.1) is 0 Å². The lowest BCUT2D eigenvalue weighted by atomic mass is 9.88. The van der Waals surface area contributed by atoms with Crippen molar-refractivity contribution in [1.82, 2.24) is 0 Å². The number of ether oxygens (including phenoxy) is 1. The molecule has 0 saturated carbocycles. The number of benzene rings is 1. The quantitative estimate of drug-likeness (QED) is 0.820. The van der Waals surface area contributed by atoms with Crippen LogP contribution in [0, 0.1) is 0 Å². The lowest BCUT2D eigenvalue weighted by Crippen LogP contribution is -2.19. The van der Waals surface area contributed by atoms with Crippen LogP contribution in [0.25, 0.3) is 0 Å². The van der Waals surface area contributed by atoms with E-state index in [4.69, 9.17) is 9.84 Å². The van der Waals surface area contributed by atoms with Gasteiger partial charge in [-0.05, 0) is 36.1 Å². The van der Waals surface area contributed by atoms with E-state index in [1.165, 1.54) is 0 Å². The fourth-order valence-corrected chi connectivity index (χ4v) is 2.13. The van der Waals surface area contributed by atoms with E-state index in [2.05, 4.69) is 5.32 Å². The average molecular weight is 221 g/mol. The predicted octanol–water partition coefficient (Wildman–Crippen LogP) is 2.07. The Bertz CT molecular complexity index is 403. The number of nitrogens with one attached hydrogen (secondary N) is 1. The molecule has 2 rings (SSSR count). The van der Waals surface area contributed by atoms with Crippen molar-refractivity contribution >= 4 is 11.7 Å². The lowest BCUT2D eigenvalue weighted by Gasteiger charge is -2.26. The highest BCUT2D eigenvalue weighted by molar-refractivity contribution is 5.70. The normalized spacial score (nSPS) is 18.4. The SMILES string of the molecule is COc1ccc2c(c1)C(CC(=O)O)CCN2. The first-order valence-corrected chi connectivity index (χ1v) is 5.34. The van der Waals surface area contributed by atoms with E-state index in [1.807, 2.05) is 18.2 Å². The summed E-state index contributed by atoms with van der Waals surface area (Å²) in [6.45, 7) is 0.831. The third kappa shape index (κ3) is 2.10. The van der Waals surface area contributed by atoms with E-state index in [0.29, 0.717) is 0 Å². The van der Waals surface area contributed by atoms with Gasteiger partial charge in [0.05, 0.1) is 13.5 Å². The van der Waals surface area contributed by atoms with Crippen LogP contribution in [0.2, 0.25) is 0 Å². The van der Waals surface area contributed by atoms with Crippen LogP contribution in [0.4, 0.5) is 5.69 Å². The van der Waals surface area contributed by atoms with Gasteiger partial charge in [0.2, 0.25) is 0 Å². The molecule has 4 heteroatoms. The van der Waals surface area contributed by atoms with E-state index in [9.17, 15) is 4.79 Å². The molecule has 1 aliphatic heterocycles. The van der Waals surface area contributed by atoms with Crippen molar-refractivity contribution in [1.29, 1.82) is 0 Å². The Balaban J connectivity index is 2.31. The fraction of sp³-hybridized carbons (Fsp3) is 0.417. The number of fused-ring (bicyclic) bond motifs is 1.